The standard InChI is InChI=1S/C25H24FN5O2S/c1-16-4-8-20(9-5-16)28-24-14-18(3)27-25(30-24)29-21-10-12-22(13-11-21)31-34(32,33)23-15-19(26)7-6-17(23)2/h4-15,31H,1-3H3,(H2,27,28,29,30). The van der Waals surface area contributed by atoms with Gasteiger partial charge >= 0.3 is 0 Å². The quantitative estimate of drug-likeness (QED) is 0.310. The van der Waals surface area contributed by atoms with Gasteiger partial charge in [-0.15, -0.1) is 0 Å². The summed E-state index contributed by atoms with van der Waals surface area (Å²) >= 11 is 0. The summed E-state index contributed by atoms with van der Waals surface area (Å²) in [4.78, 5) is 8.82. The number of halogens is 1. The van der Waals surface area contributed by atoms with Gasteiger partial charge in [0.05, 0.1) is 4.90 Å². The van der Waals surface area contributed by atoms with Crippen LogP contribution in [0.5, 0.6) is 0 Å². The molecule has 0 radical (unpaired) electrons. The molecule has 0 saturated heterocycles. The van der Waals surface area contributed by atoms with Crippen LogP contribution in [-0.2, 0) is 10.0 Å². The summed E-state index contributed by atoms with van der Waals surface area (Å²) in [6.45, 7) is 5.52. The molecule has 0 bridgehead atoms. The van der Waals surface area contributed by atoms with Crippen molar-refractivity contribution in [3.63, 3.8) is 0 Å². The van der Waals surface area contributed by atoms with Crippen molar-refractivity contribution < 1.29 is 12.8 Å². The molecule has 0 saturated carbocycles. The molecule has 3 aromatic carbocycles. The van der Waals surface area contributed by atoms with Crippen molar-refractivity contribution in [3.8, 4) is 0 Å². The minimum Gasteiger partial charge on any atom is -0.340 e. The molecule has 1 heterocycles. The third-order valence-corrected chi connectivity index (χ3v) is 6.53. The maximum Gasteiger partial charge on any atom is 0.262 e. The fourth-order valence-corrected chi connectivity index (χ4v) is 4.61. The van der Waals surface area contributed by atoms with Crippen LogP contribution in [-0.4, -0.2) is 18.4 Å². The van der Waals surface area contributed by atoms with Gasteiger partial charge in [0.15, 0.2) is 0 Å². The summed E-state index contributed by atoms with van der Waals surface area (Å²) in [5.74, 6) is 0.437. The lowest BCUT2D eigenvalue weighted by Gasteiger charge is -2.12. The molecule has 0 atom stereocenters. The fourth-order valence-electron chi connectivity index (χ4n) is 3.30. The van der Waals surface area contributed by atoms with E-state index in [-0.39, 0.29) is 4.90 Å². The lowest BCUT2D eigenvalue weighted by atomic mass is 10.2. The molecular weight excluding hydrogens is 453 g/mol. The maximum atomic E-state index is 13.6. The van der Waals surface area contributed by atoms with Crippen molar-refractivity contribution in [1.29, 1.82) is 0 Å². The lowest BCUT2D eigenvalue weighted by molar-refractivity contribution is 0.594. The zero-order chi connectivity index (χ0) is 24.3. The van der Waals surface area contributed by atoms with Crippen molar-refractivity contribution in [1.82, 2.24) is 9.97 Å². The molecule has 0 unspecified atom stereocenters. The summed E-state index contributed by atoms with van der Waals surface area (Å²) in [6, 6.07) is 20.1. The summed E-state index contributed by atoms with van der Waals surface area (Å²) in [5.41, 5.74) is 4.35. The Labute approximate surface area is 198 Å². The highest BCUT2D eigenvalue weighted by Crippen LogP contribution is 2.23. The van der Waals surface area contributed by atoms with E-state index < -0.39 is 15.8 Å². The van der Waals surface area contributed by atoms with E-state index in [1.54, 1.807) is 31.2 Å². The van der Waals surface area contributed by atoms with Crippen LogP contribution in [0, 0.1) is 26.6 Å². The highest BCUT2D eigenvalue weighted by atomic mass is 32.2. The predicted octanol–water partition coefficient (Wildman–Crippen LogP) is 5.83. The minimum atomic E-state index is -3.93. The SMILES string of the molecule is Cc1ccc(Nc2cc(C)nc(Nc3ccc(NS(=O)(=O)c4cc(F)ccc4C)cc3)n2)cc1. The molecule has 0 spiro atoms. The largest absolute Gasteiger partial charge is 0.340 e. The molecule has 174 valence electrons. The van der Waals surface area contributed by atoms with Crippen LogP contribution in [0.1, 0.15) is 16.8 Å². The van der Waals surface area contributed by atoms with Crippen LogP contribution in [0.4, 0.5) is 33.2 Å². The van der Waals surface area contributed by atoms with Gasteiger partial charge < -0.3 is 10.6 Å². The van der Waals surface area contributed by atoms with Crippen molar-refractivity contribution in [2.45, 2.75) is 25.7 Å². The van der Waals surface area contributed by atoms with Gasteiger partial charge in [0.2, 0.25) is 5.95 Å². The first kappa shape index (κ1) is 23.2. The zero-order valence-corrected chi connectivity index (χ0v) is 19.7. The Bertz CT molecular complexity index is 1420. The third-order valence-electron chi connectivity index (χ3n) is 5.01. The van der Waals surface area contributed by atoms with E-state index in [2.05, 4.69) is 25.3 Å². The Kier molecular flexibility index (Phi) is 6.47. The molecule has 0 fully saturated rings. The van der Waals surface area contributed by atoms with Gasteiger partial charge in [-0.05, 0) is 74.9 Å². The lowest BCUT2D eigenvalue weighted by Crippen LogP contribution is -2.14. The molecule has 0 amide bonds. The molecule has 7 nitrogen and oxygen atoms in total. The number of rotatable bonds is 7. The maximum absolute atomic E-state index is 13.6. The van der Waals surface area contributed by atoms with Gasteiger partial charge in [-0.25, -0.2) is 17.8 Å². The van der Waals surface area contributed by atoms with E-state index in [0.717, 1.165) is 17.4 Å². The highest BCUT2D eigenvalue weighted by molar-refractivity contribution is 7.92. The number of aryl methyl sites for hydroxylation is 3. The van der Waals surface area contributed by atoms with Crippen molar-refractivity contribution >= 4 is 38.9 Å². The van der Waals surface area contributed by atoms with Gasteiger partial charge in [-0.1, -0.05) is 23.8 Å². The second-order valence-corrected chi connectivity index (χ2v) is 9.58. The minimum absolute atomic E-state index is 0.100. The average molecular weight is 478 g/mol. The number of anilines is 5. The van der Waals surface area contributed by atoms with E-state index in [0.29, 0.717) is 28.7 Å². The smallest absolute Gasteiger partial charge is 0.262 e. The van der Waals surface area contributed by atoms with E-state index in [4.69, 9.17) is 0 Å². The molecule has 4 rings (SSSR count). The van der Waals surface area contributed by atoms with Crippen LogP contribution in [0.15, 0.2) is 77.7 Å². The third kappa shape index (κ3) is 5.68. The van der Waals surface area contributed by atoms with Crippen molar-refractivity contribution in [3.05, 3.63) is 95.4 Å². The van der Waals surface area contributed by atoms with Crippen LogP contribution in [0.3, 0.4) is 0 Å². The van der Waals surface area contributed by atoms with Crippen LogP contribution in [0.25, 0.3) is 0 Å². The highest BCUT2D eigenvalue weighted by Gasteiger charge is 2.18. The average Bonchev–Trinajstić information content (AvgIpc) is 2.78. The number of aromatic nitrogens is 2. The summed E-state index contributed by atoms with van der Waals surface area (Å²) in [7, 11) is -3.93. The number of nitrogens with one attached hydrogen (secondary N) is 3. The van der Waals surface area contributed by atoms with Gasteiger partial charge in [0, 0.05) is 28.8 Å². The Morgan fingerprint density at radius 1 is 0.735 bits per heavy atom. The van der Waals surface area contributed by atoms with Gasteiger partial charge in [-0.2, -0.15) is 4.98 Å². The normalized spacial score (nSPS) is 11.2. The first-order valence-corrected chi connectivity index (χ1v) is 12.0. The topological polar surface area (TPSA) is 96.0 Å². The van der Waals surface area contributed by atoms with E-state index >= 15 is 0 Å². The number of hydrogen-bond acceptors (Lipinski definition) is 6. The number of sulfonamides is 1. The number of hydrogen-bond donors (Lipinski definition) is 3. The Morgan fingerprint density at radius 2 is 1.35 bits per heavy atom. The van der Waals surface area contributed by atoms with Crippen molar-refractivity contribution in [2.75, 3.05) is 15.4 Å². The predicted molar refractivity (Wildman–Crippen MR) is 133 cm³/mol. The first-order chi connectivity index (χ1) is 16.2. The monoisotopic (exact) mass is 477 g/mol. The molecule has 4 aromatic rings. The van der Waals surface area contributed by atoms with Gasteiger partial charge in [0.1, 0.15) is 11.6 Å². The number of benzene rings is 3. The fraction of sp³-hybridized carbons (Fsp3) is 0.120. The second-order valence-electron chi connectivity index (χ2n) is 7.93. The van der Waals surface area contributed by atoms with Gasteiger partial charge in [0.25, 0.3) is 10.0 Å². The van der Waals surface area contributed by atoms with Crippen LogP contribution >= 0.6 is 0 Å². The molecular formula is C25H24FN5O2S. The molecule has 0 aliphatic rings. The second kappa shape index (κ2) is 9.48. The number of nitrogens with zero attached hydrogens (tertiary/aromatic N) is 2. The first-order valence-electron chi connectivity index (χ1n) is 10.5. The molecule has 34 heavy (non-hydrogen) atoms. The van der Waals surface area contributed by atoms with Gasteiger partial charge in [-0.3, -0.25) is 4.72 Å². The zero-order valence-electron chi connectivity index (χ0n) is 18.9. The van der Waals surface area contributed by atoms with E-state index in [1.165, 1.54) is 17.7 Å². The summed E-state index contributed by atoms with van der Waals surface area (Å²) < 4.78 is 41.4. The van der Waals surface area contributed by atoms with E-state index in [9.17, 15) is 12.8 Å². The summed E-state index contributed by atoms with van der Waals surface area (Å²) in [6.07, 6.45) is 0. The summed E-state index contributed by atoms with van der Waals surface area (Å²) in [5, 5.41) is 6.39. The Morgan fingerprint density at radius 3 is 2.06 bits per heavy atom. The molecule has 0 aliphatic heterocycles. The van der Waals surface area contributed by atoms with E-state index in [1.807, 2.05) is 44.2 Å². The molecule has 3 N–H and O–H groups in total. The molecule has 9 heteroatoms. The van der Waals surface area contributed by atoms with Crippen LogP contribution in [0.2, 0.25) is 0 Å². The molecule has 0 aliphatic carbocycles. The molecule has 1 aromatic heterocycles. The Hall–Kier alpha value is -3.98. The van der Waals surface area contributed by atoms with Crippen LogP contribution < -0.4 is 15.4 Å². The Balaban J connectivity index is 1.48. The van der Waals surface area contributed by atoms with Crippen molar-refractivity contribution in [2.24, 2.45) is 0 Å².